The van der Waals surface area contributed by atoms with Crippen molar-refractivity contribution in [3.05, 3.63) is 0 Å². The first-order valence-electron chi connectivity index (χ1n) is 9.79. The van der Waals surface area contributed by atoms with Crippen LogP contribution in [0.1, 0.15) is 39.0 Å². The van der Waals surface area contributed by atoms with Gasteiger partial charge in [-0.3, -0.25) is 19.3 Å². The molecule has 2 aliphatic heterocycles. The monoisotopic (exact) mass is 404 g/mol. The summed E-state index contributed by atoms with van der Waals surface area (Å²) in [5, 5.41) is 5.61. The minimum Gasteiger partial charge on any atom is -0.352 e. The van der Waals surface area contributed by atoms with Gasteiger partial charge in [0.1, 0.15) is 6.04 Å². The van der Waals surface area contributed by atoms with E-state index < -0.39 is 18.6 Å². The quantitative estimate of drug-likeness (QED) is 0.681. The van der Waals surface area contributed by atoms with Crippen LogP contribution in [0.3, 0.4) is 0 Å². The van der Waals surface area contributed by atoms with Crippen molar-refractivity contribution in [3.63, 3.8) is 0 Å². The van der Waals surface area contributed by atoms with E-state index in [9.17, 15) is 27.6 Å². The Labute approximate surface area is 162 Å². The van der Waals surface area contributed by atoms with Crippen LogP contribution in [-0.2, 0) is 14.4 Å². The second-order valence-electron chi connectivity index (χ2n) is 8.09. The van der Waals surface area contributed by atoms with E-state index in [1.807, 2.05) is 4.90 Å². The molecule has 0 radical (unpaired) electrons. The van der Waals surface area contributed by atoms with E-state index in [4.69, 9.17) is 0 Å². The molecule has 10 heteroatoms. The Morgan fingerprint density at radius 3 is 2.46 bits per heavy atom. The summed E-state index contributed by atoms with van der Waals surface area (Å²) in [7, 11) is 0. The molecule has 3 aliphatic rings. The molecule has 158 valence electrons. The first-order valence-corrected chi connectivity index (χ1v) is 9.79. The smallest absolute Gasteiger partial charge is 0.352 e. The average Bonchev–Trinajstić information content (AvgIpc) is 3.35. The fraction of sp³-hybridized carbons (Fsp3) is 0.833. The normalized spacial score (nSPS) is 28.6. The summed E-state index contributed by atoms with van der Waals surface area (Å²) in [6.07, 6.45) is -2.97. The lowest BCUT2D eigenvalue weighted by molar-refractivity contribution is -0.137. The van der Waals surface area contributed by atoms with Crippen molar-refractivity contribution in [3.8, 4) is 0 Å². The Balaban J connectivity index is 1.68. The largest absolute Gasteiger partial charge is 0.389 e. The van der Waals surface area contributed by atoms with Gasteiger partial charge in [-0.05, 0) is 32.2 Å². The molecule has 0 spiro atoms. The molecule has 0 unspecified atom stereocenters. The third-order valence-electron chi connectivity index (χ3n) is 5.51. The van der Waals surface area contributed by atoms with Crippen molar-refractivity contribution in [1.29, 1.82) is 0 Å². The summed E-state index contributed by atoms with van der Waals surface area (Å²) < 4.78 is 37.5. The van der Waals surface area contributed by atoms with E-state index in [0.29, 0.717) is 19.5 Å². The molecule has 28 heavy (non-hydrogen) atoms. The molecule has 0 aromatic heterocycles. The highest BCUT2D eigenvalue weighted by atomic mass is 19.4. The fourth-order valence-electron chi connectivity index (χ4n) is 4.09. The van der Waals surface area contributed by atoms with Gasteiger partial charge in [0.2, 0.25) is 17.7 Å². The zero-order valence-electron chi connectivity index (χ0n) is 15.9. The molecule has 3 amide bonds. The van der Waals surface area contributed by atoms with Gasteiger partial charge in [-0.25, -0.2) is 0 Å². The van der Waals surface area contributed by atoms with Crippen molar-refractivity contribution in [1.82, 2.24) is 20.4 Å². The summed E-state index contributed by atoms with van der Waals surface area (Å²) in [5.74, 6) is -0.623. The van der Waals surface area contributed by atoms with E-state index in [0.717, 1.165) is 12.8 Å². The third-order valence-corrected chi connectivity index (χ3v) is 5.51. The molecule has 2 saturated heterocycles. The Morgan fingerprint density at radius 1 is 1.14 bits per heavy atom. The number of rotatable bonds is 6. The fourth-order valence-corrected chi connectivity index (χ4v) is 4.09. The van der Waals surface area contributed by atoms with Crippen LogP contribution in [0.5, 0.6) is 0 Å². The molecule has 3 rings (SSSR count). The van der Waals surface area contributed by atoms with Gasteiger partial charge in [0.25, 0.3) is 0 Å². The Hall–Kier alpha value is -1.84. The van der Waals surface area contributed by atoms with Crippen molar-refractivity contribution in [2.75, 3.05) is 26.2 Å². The van der Waals surface area contributed by atoms with E-state index >= 15 is 0 Å². The second kappa shape index (κ2) is 8.26. The number of nitrogens with zero attached hydrogens (tertiary/aromatic N) is 2. The molecule has 0 aromatic carbocycles. The number of alkyl halides is 3. The molecule has 0 aromatic rings. The van der Waals surface area contributed by atoms with Crippen LogP contribution in [0, 0.1) is 5.92 Å². The van der Waals surface area contributed by atoms with Gasteiger partial charge in [0.05, 0.1) is 0 Å². The van der Waals surface area contributed by atoms with E-state index in [-0.39, 0.29) is 55.2 Å². The number of halogens is 3. The maximum Gasteiger partial charge on any atom is 0.389 e. The van der Waals surface area contributed by atoms with Crippen molar-refractivity contribution in [2.24, 2.45) is 5.92 Å². The summed E-state index contributed by atoms with van der Waals surface area (Å²) in [6.45, 7) is 2.63. The van der Waals surface area contributed by atoms with Crippen LogP contribution in [0.25, 0.3) is 0 Å². The number of nitrogens with one attached hydrogen (secondary N) is 2. The van der Waals surface area contributed by atoms with Gasteiger partial charge < -0.3 is 15.5 Å². The first kappa shape index (κ1) is 20.9. The second-order valence-corrected chi connectivity index (χ2v) is 8.09. The van der Waals surface area contributed by atoms with Gasteiger partial charge in [0, 0.05) is 51.0 Å². The number of carbonyl (C=O) groups excluding carboxylic acids is 3. The molecule has 1 aliphatic carbocycles. The summed E-state index contributed by atoms with van der Waals surface area (Å²) in [4.78, 5) is 40.0. The molecule has 1 saturated carbocycles. The molecule has 2 heterocycles. The molecule has 2 N–H and O–H groups in total. The van der Waals surface area contributed by atoms with Crippen LogP contribution in [0.4, 0.5) is 13.2 Å². The zero-order valence-corrected chi connectivity index (χ0v) is 15.9. The third kappa shape index (κ3) is 5.59. The number of hydrogen-bond donors (Lipinski definition) is 2. The van der Waals surface area contributed by atoms with Crippen LogP contribution in [0.15, 0.2) is 0 Å². The van der Waals surface area contributed by atoms with E-state index in [1.165, 1.54) is 6.92 Å². The maximum absolute atomic E-state index is 13.0. The molecule has 0 bridgehead atoms. The topological polar surface area (TPSA) is 81.8 Å². The van der Waals surface area contributed by atoms with Crippen LogP contribution in [0.2, 0.25) is 0 Å². The van der Waals surface area contributed by atoms with Crippen LogP contribution in [-0.4, -0.2) is 78.0 Å². The average molecular weight is 404 g/mol. The Bertz CT molecular complexity index is 624. The van der Waals surface area contributed by atoms with Gasteiger partial charge in [-0.2, -0.15) is 13.2 Å². The summed E-state index contributed by atoms with van der Waals surface area (Å²) in [5.41, 5.74) is 0. The van der Waals surface area contributed by atoms with Crippen molar-refractivity contribution < 1.29 is 27.6 Å². The van der Waals surface area contributed by atoms with Crippen LogP contribution >= 0.6 is 0 Å². The van der Waals surface area contributed by atoms with Gasteiger partial charge in [-0.1, -0.05) is 0 Å². The lowest BCUT2D eigenvalue weighted by Crippen LogP contribution is -2.52. The molecule has 3 fully saturated rings. The minimum absolute atomic E-state index is 0.0528. The Kier molecular flexibility index (Phi) is 6.16. The SMILES string of the molecule is CC(=O)N[C@H]1C[C@H]2CN(CCCC(F)(F)F)C[C@H](NC(=O)C3CC3)C(=O)N2C1. The minimum atomic E-state index is -4.21. The summed E-state index contributed by atoms with van der Waals surface area (Å²) >= 11 is 0. The lowest BCUT2D eigenvalue weighted by atomic mass is 10.1. The number of carbonyl (C=O) groups is 3. The van der Waals surface area contributed by atoms with Crippen LogP contribution < -0.4 is 10.6 Å². The highest BCUT2D eigenvalue weighted by molar-refractivity contribution is 5.90. The van der Waals surface area contributed by atoms with Gasteiger partial charge in [0.15, 0.2) is 0 Å². The predicted molar refractivity (Wildman–Crippen MR) is 94.1 cm³/mol. The first-order chi connectivity index (χ1) is 13.1. The molecular weight excluding hydrogens is 377 g/mol. The number of hydrogen-bond acceptors (Lipinski definition) is 4. The lowest BCUT2D eigenvalue weighted by Gasteiger charge is -2.25. The van der Waals surface area contributed by atoms with E-state index in [1.54, 1.807) is 4.90 Å². The van der Waals surface area contributed by atoms with Crippen molar-refractivity contribution in [2.45, 2.75) is 63.3 Å². The maximum atomic E-state index is 13.0. The molecular formula is C18H27F3N4O3. The zero-order chi connectivity index (χ0) is 20.5. The molecule has 3 atom stereocenters. The van der Waals surface area contributed by atoms with Gasteiger partial charge in [-0.15, -0.1) is 0 Å². The number of amides is 3. The van der Waals surface area contributed by atoms with E-state index in [2.05, 4.69) is 10.6 Å². The van der Waals surface area contributed by atoms with Gasteiger partial charge >= 0.3 is 6.18 Å². The predicted octanol–water partition coefficient (Wildman–Crippen LogP) is 0.645. The number of fused-ring (bicyclic) bond motifs is 1. The highest BCUT2D eigenvalue weighted by Gasteiger charge is 2.43. The molecule has 7 nitrogen and oxygen atoms in total. The highest BCUT2D eigenvalue weighted by Crippen LogP contribution is 2.30. The Morgan fingerprint density at radius 2 is 1.86 bits per heavy atom. The van der Waals surface area contributed by atoms with Crippen molar-refractivity contribution >= 4 is 17.7 Å². The standard InChI is InChI=1S/C18H27F3N4O3/c1-11(26)22-13-7-14-9-24(6-2-5-18(19,20)21)10-15(17(28)25(14)8-13)23-16(27)12-3-4-12/h12-15H,2-10H2,1H3,(H,22,26)(H,23,27)/t13-,14-,15-/m0/s1. The summed E-state index contributed by atoms with van der Waals surface area (Å²) in [6, 6.07) is -1.13.